The first-order valence-corrected chi connectivity index (χ1v) is 5.60. The summed E-state index contributed by atoms with van der Waals surface area (Å²) in [6.07, 6.45) is 0. The minimum absolute atomic E-state index is 0.206. The molecule has 4 nitrogen and oxygen atoms in total. The van der Waals surface area contributed by atoms with Gasteiger partial charge in [-0.25, -0.2) is 13.6 Å². The summed E-state index contributed by atoms with van der Waals surface area (Å²) in [6.45, 7) is 1.90. The van der Waals surface area contributed by atoms with E-state index in [4.69, 9.17) is 0 Å². The summed E-state index contributed by atoms with van der Waals surface area (Å²) in [6, 6.07) is 3.09. The average molecular weight is 267 g/mol. The van der Waals surface area contributed by atoms with Crippen LogP contribution in [0.25, 0.3) is 10.9 Å². The van der Waals surface area contributed by atoms with Crippen molar-refractivity contribution >= 4 is 16.9 Å². The van der Waals surface area contributed by atoms with Gasteiger partial charge in [-0.1, -0.05) is 0 Å². The third-order valence-electron chi connectivity index (χ3n) is 2.86. The fraction of sp³-hybridized carbons (Fsp3) is 0.231. The fourth-order valence-corrected chi connectivity index (χ4v) is 1.94. The summed E-state index contributed by atoms with van der Waals surface area (Å²) in [7, 11) is 1.15. The molecule has 2 rings (SSSR count). The van der Waals surface area contributed by atoms with Gasteiger partial charge in [0.1, 0.15) is 5.56 Å². The Morgan fingerprint density at radius 2 is 1.89 bits per heavy atom. The van der Waals surface area contributed by atoms with E-state index in [0.717, 1.165) is 19.2 Å². The maximum Gasteiger partial charge on any atom is 0.343 e. The second-order valence-electron chi connectivity index (χ2n) is 3.92. The summed E-state index contributed by atoms with van der Waals surface area (Å²) in [5, 5.41) is 0.265. The summed E-state index contributed by atoms with van der Waals surface area (Å²) in [4.78, 5) is 23.6. The number of nitrogens with zero attached hydrogens (tertiary/aromatic N) is 1. The van der Waals surface area contributed by atoms with Gasteiger partial charge in [0.25, 0.3) is 5.56 Å². The van der Waals surface area contributed by atoms with Crippen LogP contribution >= 0.6 is 0 Å². The first-order valence-electron chi connectivity index (χ1n) is 5.60. The number of esters is 1. The second kappa shape index (κ2) is 4.79. The van der Waals surface area contributed by atoms with Crippen LogP contribution < -0.4 is 5.56 Å². The van der Waals surface area contributed by atoms with Crippen LogP contribution in [0.2, 0.25) is 0 Å². The van der Waals surface area contributed by atoms with Gasteiger partial charge >= 0.3 is 5.97 Å². The molecule has 100 valence electrons. The molecule has 0 radical (unpaired) electrons. The van der Waals surface area contributed by atoms with E-state index in [9.17, 15) is 18.4 Å². The lowest BCUT2D eigenvalue weighted by atomic mass is 10.1. The molecule has 0 N–H and O–H groups in total. The molecule has 0 aliphatic rings. The molecule has 6 heteroatoms. The molecule has 2 aromatic rings. The van der Waals surface area contributed by atoms with E-state index in [1.807, 2.05) is 0 Å². The Balaban J connectivity index is 2.90. The van der Waals surface area contributed by atoms with Crippen molar-refractivity contribution in [1.29, 1.82) is 0 Å². The molecular formula is C13H11F2NO3. The lowest BCUT2D eigenvalue weighted by molar-refractivity contribution is 0.0598. The number of fused-ring (bicyclic) bond motifs is 1. The largest absolute Gasteiger partial charge is 0.465 e. The molecule has 0 saturated carbocycles. The highest BCUT2D eigenvalue weighted by Gasteiger charge is 2.17. The molecule has 0 amide bonds. The van der Waals surface area contributed by atoms with Crippen LogP contribution in [0.5, 0.6) is 0 Å². The Bertz CT molecular complexity index is 722. The number of ether oxygens (including phenoxy) is 1. The van der Waals surface area contributed by atoms with Gasteiger partial charge in [-0.3, -0.25) is 4.79 Å². The first-order chi connectivity index (χ1) is 8.99. The van der Waals surface area contributed by atoms with Gasteiger partial charge in [0, 0.05) is 18.0 Å². The Morgan fingerprint density at radius 1 is 1.26 bits per heavy atom. The number of carbonyl (C=O) groups excluding carboxylic acids is 1. The molecule has 0 unspecified atom stereocenters. The number of aromatic nitrogens is 1. The molecule has 0 aliphatic heterocycles. The van der Waals surface area contributed by atoms with Gasteiger partial charge in [0.2, 0.25) is 0 Å². The SMILES string of the molecule is CCn1c(=O)c(C(=O)OC)cc2cc(F)c(F)cc21. The van der Waals surface area contributed by atoms with Crippen LogP contribution in [-0.4, -0.2) is 17.6 Å². The first kappa shape index (κ1) is 13.2. The van der Waals surface area contributed by atoms with Crippen molar-refractivity contribution in [3.05, 3.63) is 45.8 Å². The highest BCUT2D eigenvalue weighted by atomic mass is 19.2. The number of benzene rings is 1. The van der Waals surface area contributed by atoms with Crippen LogP contribution in [-0.2, 0) is 11.3 Å². The van der Waals surface area contributed by atoms with E-state index in [2.05, 4.69) is 4.74 Å². The van der Waals surface area contributed by atoms with Crippen molar-refractivity contribution in [2.45, 2.75) is 13.5 Å². The van der Waals surface area contributed by atoms with Crippen molar-refractivity contribution in [2.24, 2.45) is 0 Å². The van der Waals surface area contributed by atoms with Crippen LogP contribution in [0, 0.1) is 11.6 Å². The van der Waals surface area contributed by atoms with Gasteiger partial charge in [-0.05, 0) is 19.1 Å². The average Bonchev–Trinajstić information content (AvgIpc) is 2.39. The number of rotatable bonds is 2. The second-order valence-corrected chi connectivity index (χ2v) is 3.92. The molecule has 0 atom stereocenters. The molecule has 1 aromatic heterocycles. The van der Waals surface area contributed by atoms with Crippen molar-refractivity contribution in [1.82, 2.24) is 4.57 Å². The molecule has 0 fully saturated rings. The van der Waals surface area contributed by atoms with Crippen molar-refractivity contribution in [3.8, 4) is 0 Å². The van der Waals surface area contributed by atoms with Gasteiger partial charge in [0.15, 0.2) is 11.6 Å². The molecule has 0 aliphatic carbocycles. The van der Waals surface area contributed by atoms with E-state index >= 15 is 0 Å². The number of aryl methyl sites for hydroxylation is 1. The smallest absolute Gasteiger partial charge is 0.343 e. The Morgan fingerprint density at radius 3 is 2.47 bits per heavy atom. The molecule has 0 spiro atoms. The molecule has 0 bridgehead atoms. The minimum Gasteiger partial charge on any atom is -0.465 e. The maximum atomic E-state index is 13.2. The standard InChI is InChI=1S/C13H11F2NO3/c1-3-16-11-6-10(15)9(14)5-7(11)4-8(12(16)17)13(18)19-2/h4-6H,3H2,1-2H3. The monoisotopic (exact) mass is 267 g/mol. The number of pyridine rings is 1. The van der Waals surface area contributed by atoms with Gasteiger partial charge in [-0.15, -0.1) is 0 Å². The molecule has 0 saturated heterocycles. The summed E-state index contributed by atoms with van der Waals surface area (Å²) in [5.41, 5.74) is -0.560. The molecule has 1 aromatic carbocycles. The van der Waals surface area contributed by atoms with E-state index in [1.165, 1.54) is 10.6 Å². The molecule has 19 heavy (non-hydrogen) atoms. The zero-order valence-electron chi connectivity index (χ0n) is 10.4. The van der Waals surface area contributed by atoms with E-state index in [0.29, 0.717) is 0 Å². The van der Waals surface area contributed by atoms with E-state index < -0.39 is 23.2 Å². The molecular weight excluding hydrogens is 256 g/mol. The summed E-state index contributed by atoms with van der Waals surface area (Å²) >= 11 is 0. The summed E-state index contributed by atoms with van der Waals surface area (Å²) < 4.78 is 32.2. The lowest BCUT2D eigenvalue weighted by Crippen LogP contribution is -2.26. The highest BCUT2D eigenvalue weighted by molar-refractivity contribution is 5.93. The quantitative estimate of drug-likeness (QED) is 0.783. The third kappa shape index (κ3) is 2.09. The van der Waals surface area contributed by atoms with Crippen molar-refractivity contribution in [2.75, 3.05) is 7.11 Å². The van der Waals surface area contributed by atoms with Gasteiger partial charge in [0.05, 0.1) is 12.6 Å². The number of carbonyl (C=O) groups is 1. The van der Waals surface area contributed by atoms with E-state index in [-0.39, 0.29) is 23.0 Å². The van der Waals surface area contributed by atoms with Crippen LogP contribution in [0.1, 0.15) is 17.3 Å². The summed E-state index contributed by atoms with van der Waals surface area (Å²) in [5.74, 6) is -2.89. The fourth-order valence-electron chi connectivity index (χ4n) is 1.94. The van der Waals surface area contributed by atoms with E-state index in [1.54, 1.807) is 6.92 Å². The minimum atomic E-state index is -1.04. The van der Waals surface area contributed by atoms with Crippen molar-refractivity contribution < 1.29 is 18.3 Å². The zero-order valence-corrected chi connectivity index (χ0v) is 10.4. The Hall–Kier alpha value is -2.24. The lowest BCUT2D eigenvalue weighted by Gasteiger charge is -2.10. The number of hydrogen-bond acceptors (Lipinski definition) is 3. The predicted molar refractivity (Wildman–Crippen MR) is 65.1 cm³/mol. The van der Waals surface area contributed by atoms with Crippen LogP contribution in [0.15, 0.2) is 23.0 Å². The maximum absolute atomic E-state index is 13.2. The number of hydrogen-bond donors (Lipinski definition) is 0. The van der Waals surface area contributed by atoms with Crippen LogP contribution in [0.3, 0.4) is 0 Å². The predicted octanol–water partition coefficient (Wildman–Crippen LogP) is 2.09. The Kier molecular flexibility index (Phi) is 3.33. The van der Waals surface area contributed by atoms with Crippen LogP contribution in [0.4, 0.5) is 8.78 Å². The Labute approximate surface area is 107 Å². The number of halogens is 2. The van der Waals surface area contributed by atoms with Gasteiger partial charge < -0.3 is 9.30 Å². The topological polar surface area (TPSA) is 48.3 Å². The molecule has 1 heterocycles. The highest BCUT2D eigenvalue weighted by Crippen LogP contribution is 2.18. The zero-order chi connectivity index (χ0) is 14.2. The van der Waals surface area contributed by atoms with Gasteiger partial charge in [-0.2, -0.15) is 0 Å². The number of methoxy groups -OCH3 is 1. The normalized spacial score (nSPS) is 10.7. The third-order valence-corrected chi connectivity index (χ3v) is 2.86. The van der Waals surface area contributed by atoms with Crippen molar-refractivity contribution in [3.63, 3.8) is 0 Å².